The summed E-state index contributed by atoms with van der Waals surface area (Å²) in [5.74, 6) is 1.49. The van der Waals surface area contributed by atoms with Gasteiger partial charge in [0.15, 0.2) is 0 Å². The molecule has 3 heterocycles. The first-order valence-corrected chi connectivity index (χ1v) is 11.8. The molecule has 0 radical (unpaired) electrons. The van der Waals surface area contributed by atoms with Gasteiger partial charge in [0.1, 0.15) is 17.4 Å². The molecule has 1 aliphatic carbocycles. The summed E-state index contributed by atoms with van der Waals surface area (Å²) in [4.78, 5) is 39.9. The number of hydrogen-bond donors (Lipinski definition) is 2. The van der Waals surface area contributed by atoms with Crippen LogP contribution in [0.25, 0.3) is 5.69 Å². The van der Waals surface area contributed by atoms with Crippen molar-refractivity contribution in [1.29, 1.82) is 0 Å². The SMILES string of the molecule is Cc1cccc(-n2nc3c(c2NC(=O)C(C)N2C(=O)NC4(CCCC4)C2=O)CSC3)c1. The van der Waals surface area contributed by atoms with Crippen molar-refractivity contribution >= 4 is 35.4 Å². The van der Waals surface area contributed by atoms with Crippen LogP contribution in [0.5, 0.6) is 0 Å². The summed E-state index contributed by atoms with van der Waals surface area (Å²) in [6, 6.07) is 6.51. The van der Waals surface area contributed by atoms with Gasteiger partial charge in [0.2, 0.25) is 5.91 Å². The maximum absolute atomic E-state index is 13.2. The number of hydrogen-bond acceptors (Lipinski definition) is 5. The van der Waals surface area contributed by atoms with E-state index in [0.717, 1.165) is 51.8 Å². The molecule has 1 saturated heterocycles. The van der Waals surface area contributed by atoms with Gasteiger partial charge in [-0.15, -0.1) is 0 Å². The van der Waals surface area contributed by atoms with Crippen molar-refractivity contribution in [2.75, 3.05) is 5.32 Å². The Hall–Kier alpha value is -2.81. The van der Waals surface area contributed by atoms with Gasteiger partial charge in [0, 0.05) is 17.1 Å². The van der Waals surface area contributed by atoms with Gasteiger partial charge in [-0.25, -0.2) is 14.4 Å². The van der Waals surface area contributed by atoms with Crippen LogP contribution in [-0.2, 0) is 21.1 Å². The molecule has 8 nitrogen and oxygen atoms in total. The molecule has 1 unspecified atom stereocenters. The number of fused-ring (bicyclic) bond motifs is 1. The molecular formula is C22H25N5O3S. The van der Waals surface area contributed by atoms with Crippen molar-refractivity contribution in [3.63, 3.8) is 0 Å². The quantitative estimate of drug-likeness (QED) is 0.714. The summed E-state index contributed by atoms with van der Waals surface area (Å²) >= 11 is 1.75. The van der Waals surface area contributed by atoms with Gasteiger partial charge < -0.3 is 10.6 Å². The fourth-order valence-electron chi connectivity index (χ4n) is 4.74. The Morgan fingerprint density at radius 1 is 1.26 bits per heavy atom. The molecule has 1 saturated carbocycles. The van der Waals surface area contributed by atoms with Crippen molar-refractivity contribution in [2.45, 2.75) is 62.6 Å². The van der Waals surface area contributed by atoms with Crippen molar-refractivity contribution in [3.8, 4) is 5.69 Å². The predicted octanol–water partition coefficient (Wildman–Crippen LogP) is 3.12. The maximum Gasteiger partial charge on any atom is 0.325 e. The van der Waals surface area contributed by atoms with Crippen LogP contribution in [0.3, 0.4) is 0 Å². The minimum absolute atomic E-state index is 0.286. The van der Waals surface area contributed by atoms with Crippen LogP contribution in [0.2, 0.25) is 0 Å². The molecule has 0 bridgehead atoms. The summed E-state index contributed by atoms with van der Waals surface area (Å²) in [5.41, 5.74) is 3.08. The molecule has 1 spiro atoms. The minimum atomic E-state index is -0.918. The summed E-state index contributed by atoms with van der Waals surface area (Å²) in [6.45, 7) is 3.61. The first-order valence-electron chi connectivity index (χ1n) is 10.6. The summed E-state index contributed by atoms with van der Waals surface area (Å²) in [6.07, 6.45) is 3.07. The van der Waals surface area contributed by atoms with Crippen LogP contribution in [0.4, 0.5) is 10.6 Å². The Kier molecular flexibility index (Phi) is 4.80. The highest BCUT2D eigenvalue weighted by Crippen LogP contribution is 2.38. The van der Waals surface area contributed by atoms with Crippen molar-refractivity contribution in [3.05, 3.63) is 41.1 Å². The molecule has 1 aromatic carbocycles. The van der Waals surface area contributed by atoms with E-state index in [4.69, 9.17) is 5.10 Å². The third-order valence-electron chi connectivity index (χ3n) is 6.46. The third-order valence-corrected chi connectivity index (χ3v) is 7.43. The minimum Gasteiger partial charge on any atom is -0.323 e. The second kappa shape index (κ2) is 7.40. The molecule has 2 N–H and O–H groups in total. The smallest absolute Gasteiger partial charge is 0.323 e. The fourth-order valence-corrected chi connectivity index (χ4v) is 5.77. The van der Waals surface area contributed by atoms with E-state index in [1.54, 1.807) is 23.4 Å². The van der Waals surface area contributed by atoms with Crippen LogP contribution in [0, 0.1) is 6.92 Å². The normalized spacial score (nSPS) is 20.3. The second-order valence-electron chi connectivity index (χ2n) is 8.58. The van der Waals surface area contributed by atoms with Crippen LogP contribution in [0.15, 0.2) is 24.3 Å². The van der Waals surface area contributed by atoms with Crippen LogP contribution in [0.1, 0.15) is 49.4 Å². The number of carbonyl (C=O) groups is 3. The van der Waals surface area contributed by atoms with Gasteiger partial charge in [0.05, 0.1) is 11.4 Å². The Morgan fingerprint density at radius 3 is 2.77 bits per heavy atom. The summed E-state index contributed by atoms with van der Waals surface area (Å²) < 4.78 is 1.76. The number of nitrogens with one attached hydrogen (secondary N) is 2. The van der Waals surface area contributed by atoms with Crippen LogP contribution in [-0.4, -0.2) is 44.1 Å². The van der Waals surface area contributed by atoms with Crippen molar-refractivity contribution in [1.82, 2.24) is 20.0 Å². The number of carbonyl (C=O) groups excluding carboxylic acids is 3. The molecule has 2 aliphatic heterocycles. The van der Waals surface area contributed by atoms with Crippen molar-refractivity contribution < 1.29 is 14.4 Å². The topological polar surface area (TPSA) is 96.3 Å². The zero-order valence-electron chi connectivity index (χ0n) is 17.6. The lowest BCUT2D eigenvalue weighted by Gasteiger charge is -2.24. The molecule has 5 rings (SSSR count). The molecule has 162 valence electrons. The Balaban J connectivity index is 1.43. The second-order valence-corrected chi connectivity index (χ2v) is 9.56. The molecule has 2 aromatic rings. The standard InChI is InChI=1S/C22H25N5O3S/c1-13-6-5-7-15(10-13)27-18(16-11-31-12-17(16)25-27)23-19(28)14(2)26-20(29)22(24-21(26)30)8-3-4-9-22/h5-7,10,14H,3-4,8-9,11-12H2,1-2H3,(H,23,28)(H,24,30). The Labute approximate surface area is 184 Å². The van der Waals surface area contributed by atoms with E-state index in [2.05, 4.69) is 10.6 Å². The Bertz CT molecular complexity index is 1090. The molecule has 1 atom stereocenters. The van der Waals surface area contributed by atoms with E-state index in [1.807, 2.05) is 31.2 Å². The van der Waals surface area contributed by atoms with E-state index in [1.165, 1.54) is 0 Å². The number of amides is 4. The van der Waals surface area contributed by atoms with E-state index in [-0.39, 0.29) is 5.91 Å². The number of benzene rings is 1. The zero-order valence-corrected chi connectivity index (χ0v) is 18.4. The van der Waals surface area contributed by atoms with Crippen LogP contribution >= 0.6 is 11.8 Å². The molecule has 31 heavy (non-hydrogen) atoms. The highest BCUT2D eigenvalue weighted by Gasteiger charge is 2.54. The number of aryl methyl sites for hydroxylation is 1. The zero-order chi connectivity index (χ0) is 21.8. The Morgan fingerprint density at radius 2 is 2.03 bits per heavy atom. The molecule has 9 heteroatoms. The average molecular weight is 440 g/mol. The van der Waals surface area contributed by atoms with Gasteiger partial charge in [-0.2, -0.15) is 16.9 Å². The number of aromatic nitrogens is 2. The first-order chi connectivity index (χ1) is 14.9. The number of rotatable bonds is 4. The monoisotopic (exact) mass is 439 g/mol. The van der Waals surface area contributed by atoms with Gasteiger partial charge in [-0.05, 0) is 44.4 Å². The number of imide groups is 1. The lowest BCUT2D eigenvalue weighted by molar-refractivity contribution is -0.136. The third kappa shape index (κ3) is 3.22. The molecular weight excluding hydrogens is 414 g/mol. The molecule has 1 aromatic heterocycles. The van der Waals surface area contributed by atoms with Gasteiger partial charge >= 0.3 is 6.03 Å². The van der Waals surface area contributed by atoms with Crippen molar-refractivity contribution in [2.24, 2.45) is 0 Å². The van der Waals surface area contributed by atoms with E-state index in [9.17, 15) is 14.4 Å². The van der Waals surface area contributed by atoms with Gasteiger partial charge in [-0.3, -0.25) is 9.59 Å². The number of thioether (sulfide) groups is 1. The molecule has 4 amide bonds. The van der Waals surface area contributed by atoms with E-state index >= 15 is 0 Å². The molecule has 2 fully saturated rings. The number of anilines is 1. The maximum atomic E-state index is 13.2. The number of urea groups is 1. The largest absolute Gasteiger partial charge is 0.325 e. The van der Waals surface area contributed by atoms with Crippen LogP contribution < -0.4 is 10.6 Å². The average Bonchev–Trinajstić information content (AvgIpc) is 3.49. The van der Waals surface area contributed by atoms with E-state index in [0.29, 0.717) is 18.7 Å². The number of nitrogens with zero attached hydrogens (tertiary/aromatic N) is 3. The van der Waals surface area contributed by atoms with Gasteiger partial charge in [0.25, 0.3) is 5.91 Å². The molecule has 3 aliphatic rings. The summed E-state index contributed by atoms with van der Waals surface area (Å²) in [5, 5.41) is 10.5. The van der Waals surface area contributed by atoms with E-state index < -0.39 is 23.5 Å². The summed E-state index contributed by atoms with van der Waals surface area (Å²) in [7, 11) is 0. The lowest BCUT2D eigenvalue weighted by Crippen LogP contribution is -2.48. The highest BCUT2D eigenvalue weighted by molar-refractivity contribution is 7.98. The van der Waals surface area contributed by atoms with Gasteiger partial charge in [-0.1, -0.05) is 25.0 Å². The fraction of sp³-hybridized carbons (Fsp3) is 0.455. The lowest BCUT2D eigenvalue weighted by atomic mass is 9.97. The first kappa shape index (κ1) is 20.1. The predicted molar refractivity (Wildman–Crippen MR) is 118 cm³/mol. The highest BCUT2D eigenvalue weighted by atomic mass is 32.2.